The molecule has 0 radical (unpaired) electrons. The number of nitrogens with zero attached hydrogens (tertiary/aromatic N) is 2. The molecule has 0 aromatic heterocycles. The van der Waals surface area contributed by atoms with Crippen molar-refractivity contribution in [2.75, 3.05) is 47.0 Å². The SMILES string of the molecule is CN=C(NCCc1ccc(OCC(N)=O)cc1)N(C)CC1CCOC1. The number of primary amides is 1. The van der Waals surface area contributed by atoms with Crippen LogP contribution in [-0.2, 0) is 16.0 Å². The maximum Gasteiger partial charge on any atom is 0.255 e. The van der Waals surface area contributed by atoms with Gasteiger partial charge in [0.1, 0.15) is 5.75 Å². The van der Waals surface area contributed by atoms with Crippen LogP contribution in [0.15, 0.2) is 29.3 Å². The summed E-state index contributed by atoms with van der Waals surface area (Å²) in [7, 11) is 3.85. The standard InChI is InChI=1S/C18H28N4O3/c1-20-18(22(2)11-15-8-10-24-12-15)21-9-7-14-3-5-16(6-4-14)25-13-17(19)23/h3-6,15H,7-13H2,1-2H3,(H2,19,23)(H,20,21). The van der Waals surface area contributed by atoms with Gasteiger partial charge >= 0.3 is 0 Å². The molecule has 1 aromatic rings. The number of benzene rings is 1. The Morgan fingerprint density at radius 3 is 2.80 bits per heavy atom. The van der Waals surface area contributed by atoms with E-state index in [4.69, 9.17) is 15.2 Å². The van der Waals surface area contributed by atoms with Gasteiger partial charge in [-0.3, -0.25) is 9.79 Å². The quantitative estimate of drug-likeness (QED) is 0.531. The Labute approximate surface area is 149 Å². The zero-order valence-corrected chi connectivity index (χ0v) is 15.0. The molecule has 0 spiro atoms. The molecule has 0 saturated carbocycles. The smallest absolute Gasteiger partial charge is 0.255 e. The van der Waals surface area contributed by atoms with Gasteiger partial charge in [-0.2, -0.15) is 0 Å². The third-order valence-corrected chi connectivity index (χ3v) is 4.13. The van der Waals surface area contributed by atoms with Gasteiger partial charge in [0.15, 0.2) is 12.6 Å². The van der Waals surface area contributed by atoms with Gasteiger partial charge in [0.05, 0.1) is 6.61 Å². The first kappa shape index (κ1) is 19.1. The Balaban J connectivity index is 1.73. The molecular formula is C18H28N4O3. The highest BCUT2D eigenvalue weighted by atomic mass is 16.5. The van der Waals surface area contributed by atoms with Gasteiger partial charge in [-0.25, -0.2) is 0 Å². The van der Waals surface area contributed by atoms with Crippen LogP contribution in [0.5, 0.6) is 5.75 Å². The lowest BCUT2D eigenvalue weighted by atomic mass is 10.1. The number of guanidine groups is 1. The number of nitrogens with two attached hydrogens (primary N) is 1. The number of carbonyl (C=O) groups is 1. The van der Waals surface area contributed by atoms with Crippen LogP contribution in [0.2, 0.25) is 0 Å². The van der Waals surface area contributed by atoms with Crippen LogP contribution in [0, 0.1) is 5.92 Å². The molecule has 1 aromatic carbocycles. The van der Waals surface area contributed by atoms with Crippen molar-refractivity contribution in [1.29, 1.82) is 0 Å². The fourth-order valence-corrected chi connectivity index (χ4v) is 2.81. The van der Waals surface area contributed by atoms with Crippen molar-refractivity contribution >= 4 is 11.9 Å². The second-order valence-corrected chi connectivity index (χ2v) is 6.23. The summed E-state index contributed by atoms with van der Waals surface area (Å²) in [6, 6.07) is 7.67. The summed E-state index contributed by atoms with van der Waals surface area (Å²) >= 11 is 0. The summed E-state index contributed by atoms with van der Waals surface area (Å²) in [4.78, 5) is 17.2. The topological polar surface area (TPSA) is 89.2 Å². The van der Waals surface area contributed by atoms with Crippen LogP contribution < -0.4 is 15.8 Å². The zero-order chi connectivity index (χ0) is 18.1. The number of amides is 1. The van der Waals surface area contributed by atoms with Gasteiger partial charge in [-0.15, -0.1) is 0 Å². The van der Waals surface area contributed by atoms with Gasteiger partial charge in [0.25, 0.3) is 5.91 Å². The molecule has 1 heterocycles. The van der Waals surface area contributed by atoms with E-state index in [0.717, 1.165) is 45.1 Å². The lowest BCUT2D eigenvalue weighted by Gasteiger charge is -2.24. The van der Waals surface area contributed by atoms with Crippen molar-refractivity contribution < 1.29 is 14.3 Å². The van der Waals surface area contributed by atoms with E-state index in [1.165, 1.54) is 5.56 Å². The highest BCUT2D eigenvalue weighted by molar-refractivity contribution is 5.79. The Morgan fingerprint density at radius 1 is 1.44 bits per heavy atom. The van der Waals surface area contributed by atoms with Crippen molar-refractivity contribution in [3.8, 4) is 5.75 Å². The molecule has 1 saturated heterocycles. The number of nitrogens with one attached hydrogen (secondary N) is 1. The highest BCUT2D eigenvalue weighted by Crippen LogP contribution is 2.14. The maximum absolute atomic E-state index is 10.7. The first-order valence-electron chi connectivity index (χ1n) is 8.58. The number of hydrogen-bond acceptors (Lipinski definition) is 4. The maximum atomic E-state index is 10.7. The molecule has 7 heteroatoms. The molecule has 1 unspecified atom stereocenters. The number of aliphatic imine (C=N–C) groups is 1. The molecule has 138 valence electrons. The van der Waals surface area contributed by atoms with Crippen LogP contribution in [0.3, 0.4) is 0 Å². The summed E-state index contributed by atoms with van der Waals surface area (Å²) in [5.74, 6) is 1.64. The van der Waals surface area contributed by atoms with Crippen molar-refractivity contribution in [3.63, 3.8) is 0 Å². The number of hydrogen-bond donors (Lipinski definition) is 2. The van der Waals surface area contributed by atoms with Crippen molar-refractivity contribution in [2.24, 2.45) is 16.6 Å². The molecule has 1 atom stereocenters. The molecule has 1 aliphatic rings. The average molecular weight is 348 g/mol. The van der Waals surface area contributed by atoms with Crippen molar-refractivity contribution in [3.05, 3.63) is 29.8 Å². The van der Waals surface area contributed by atoms with Crippen molar-refractivity contribution in [1.82, 2.24) is 10.2 Å². The zero-order valence-electron chi connectivity index (χ0n) is 15.0. The average Bonchev–Trinajstić information content (AvgIpc) is 3.10. The minimum absolute atomic E-state index is 0.102. The molecule has 3 N–H and O–H groups in total. The third kappa shape index (κ3) is 6.62. The van der Waals surface area contributed by atoms with Crippen LogP contribution in [0.1, 0.15) is 12.0 Å². The lowest BCUT2D eigenvalue weighted by Crippen LogP contribution is -2.42. The van der Waals surface area contributed by atoms with E-state index in [9.17, 15) is 4.79 Å². The molecule has 1 aliphatic heterocycles. The second-order valence-electron chi connectivity index (χ2n) is 6.23. The van der Waals surface area contributed by atoms with E-state index in [1.807, 2.05) is 24.3 Å². The number of carbonyl (C=O) groups excluding carboxylic acids is 1. The summed E-state index contributed by atoms with van der Waals surface area (Å²) in [6.45, 7) is 3.34. The Hall–Kier alpha value is -2.28. The molecule has 0 bridgehead atoms. The van der Waals surface area contributed by atoms with Crippen LogP contribution in [0.4, 0.5) is 0 Å². The molecule has 1 amide bonds. The molecule has 7 nitrogen and oxygen atoms in total. The van der Waals surface area contributed by atoms with E-state index < -0.39 is 5.91 Å². The first-order chi connectivity index (χ1) is 12.1. The van der Waals surface area contributed by atoms with E-state index in [2.05, 4.69) is 22.3 Å². The second kappa shape index (κ2) is 9.88. The van der Waals surface area contributed by atoms with Gasteiger partial charge in [0.2, 0.25) is 0 Å². The van der Waals surface area contributed by atoms with Gasteiger partial charge in [-0.1, -0.05) is 12.1 Å². The number of rotatable bonds is 8. The fourth-order valence-electron chi connectivity index (χ4n) is 2.81. The van der Waals surface area contributed by atoms with Crippen LogP contribution in [0.25, 0.3) is 0 Å². The van der Waals surface area contributed by atoms with Gasteiger partial charge < -0.3 is 25.4 Å². The summed E-state index contributed by atoms with van der Waals surface area (Å²) in [5, 5.41) is 3.39. The van der Waals surface area contributed by atoms with Crippen LogP contribution in [-0.4, -0.2) is 63.8 Å². The van der Waals surface area contributed by atoms with Gasteiger partial charge in [-0.05, 0) is 30.5 Å². The normalized spacial score (nSPS) is 17.4. The molecular weight excluding hydrogens is 320 g/mol. The minimum atomic E-state index is -0.479. The fraction of sp³-hybridized carbons (Fsp3) is 0.556. The Morgan fingerprint density at radius 2 is 2.20 bits per heavy atom. The Bertz CT molecular complexity index is 568. The third-order valence-electron chi connectivity index (χ3n) is 4.13. The number of ether oxygens (including phenoxy) is 2. The monoisotopic (exact) mass is 348 g/mol. The highest BCUT2D eigenvalue weighted by Gasteiger charge is 2.18. The van der Waals surface area contributed by atoms with Gasteiger partial charge in [0, 0.05) is 39.7 Å². The van der Waals surface area contributed by atoms with E-state index in [1.54, 1.807) is 7.05 Å². The molecule has 0 aliphatic carbocycles. The molecule has 25 heavy (non-hydrogen) atoms. The molecule has 2 rings (SSSR count). The minimum Gasteiger partial charge on any atom is -0.484 e. The first-order valence-corrected chi connectivity index (χ1v) is 8.58. The predicted molar refractivity (Wildman–Crippen MR) is 97.8 cm³/mol. The largest absolute Gasteiger partial charge is 0.484 e. The Kier molecular flexibility index (Phi) is 7.53. The summed E-state index contributed by atoms with van der Waals surface area (Å²) in [6.07, 6.45) is 1.99. The summed E-state index contributed by atoms with van der Waals surface area (Å²) in [5.41, 5.74) is 6.24. The van der Waals surface area contributed by atoms with E-state index >= 15 is 0 Å². The lowest BCUT2D eigenvalue weighted by molar-refractivity contribution is -0.119. The van der Waals surface area contributed by atoms with Crippen LogP contribution >= 0.6 is 0 Å². The van der Waals surface area contributed by atoms with E-state index in [-0.39, 0.29) is 6.61 Å². The van der Waals surface area contributed by atoms with E-state index in [0.29, 0.717) is 11.7 Å². The van der Waals surface area contributed by atoms with Crippen molar-refractivity contribution in [2.45, 2.75) is 12.8 Å². The summed E-state index contributed by atoms with van der Waals surface area (Å²) < 4.78 is 10.7. The predicted octanol–water partition coefficient (Wildman–Crippen LogP) is 0.637. The molecule has 1 fully saturated rings.